The van der Waals surface area contributed by atoms with Gasteiger partial charge in [0.1, 0.15) is 0 Å². The van der Waals surface area contributed by atoms with E-state index in [0.29, 0.717) is 18.4 Å². The lowest BCUT2D eigenvalue weighted by atomic mass is 9.92. The standard InChI is InChI=1S/C14H15NO2/c1-2-6-11-13(16)9-12(15-14(11)17)10-7-4-3-5-8-10/h3-8,12H,2,9H2,1H3,(H,15,17)/b11-6-. The van der Waals surface area contributed by atoms with Crippen LogP contribution in [0.4, 0.5) is 0 Å². The third kappa shape index (κ3) is 2.44. The van der Waals surface area contributed by atoms with E-state index in [2.05, 4.69) is 5.32 Å². The minimum atomic E-state index is -0.253. The highest BCUT2D eigenvalue weighted by molar-refractivity contribution is 6.21. The van der Waals surface area contributed by atoms with Crippen molar-refractivity contribution in [2.75, 3.05) is 0 Å². The summed E-state index contributed by atoms with van der Waals surface area (Å²) in [5.41, 5.74) is 1.28. The van der Waals surface area contributed by atoms with Crippen molar-refractivity contribution in [3.8, 4) is 0 Å². The molecule has 1 aromatic rings. The minimum absolute atomic E-state index is 0.0653. The van der Waals surface area contributed by atoms with Crippen LogP contribution in [0.3, 0.4) is 0 Å². The summed E-state index contributed by atoms with van der Waals surface area (Å²) in [6, 6.07) is 9.38. The van der Waals surface area contributed by atoms with Crippen LogP contribution in [0.2, 0.25) is 0 Å². The van der Waals surface area contributed by atoms with E-state index in [-0.39, 0.29) is 17.7 Å². The average molecular weight is 229 g/mol. The smallest absolute Gasteiger partial charge is 0.255 e. The van der Waals surface area contributed by atoms with Crippen molar-refractivity contribution in [3.63, 3.8) is 0 Å². The zero-order valence-corrected chi connectivity index (χ0v) is 9.77. The number of nitrogens with one attached hydrogen (secondary N) is 1. The monoisotopic (exact) mass is 229 g/mol. The van der Waals surface area contributed by atoms with Crippen LogP contribution >= 0.6 is 0 Å². The first kappa shape index (κ1) is 11.6. The maximum Gasteiger partial charge on any atom is 0.255 e. The molecule has 0 saturated carbocycles. The summed E-state index contributed by atoms with van der Waals surface area (Å²) in [5.74, 6) is -0.318. The summed E-state index contributed by atoms with van der Waals surface area (Å²) in [6.07, 6.45) is 2.74. The van der Waals surface area contributed by atoms with Crippen LogP contribution < -0.4 is 5.32 Å². The van der Waals surface area contributed by atoms with Gasteiger partial charge < -0.3 is 5.32 Å². The second kappa shape index (κ2) is 4.95. The molecule has 0 radical (unpaired) electrons. The Kier molecular flexibility index (Phi) is 3.38. The van der Waals surface area contributed by atoms with Crippen LogP contribution in [0, 0.1) is 0 Å². The van der Waals surface area contributed by atoms with Crippen LogP contribution in [0.5, 0.6) is 0 Å². The first-order chi connectivity index (χ1) is 8.22. The fraction of sp³-hybridized carbons (Fsp3) is 0.286. The van der Waals surface area contributed by atoms with E-state index in [1.807, 2.05) is 37.3 Å². The first-order valence-electron chi connectivity index (χ1n) is 5.81. The molecule has 3 nitrogen and oxygen atoms in total. The topological polar surface area (TPSA) is 46.2 Å². The molecule has 1 heterocycles. The molecule has 3 heteroatoms. The van der Waals surface area contributed by atoms with Gasteiger partial charge in [-0.3, -0.25) is 9.59 Å². The van der Waals surface area contributed by atoms with E-state index < -0.39 is 0 Å². The number of hydrogen-bond donors (Lipinski definition) is 1. The number of piperidine rings is 1. The number of ketones is 1. The lowest BCUT2D eigenvalue weighted by Gasteiger charge is -2.24. The second-order valence-corrected chi connectivity index (χ2v) is 4.09. The van der Waals surface area contributed by atoms with E-state index in [1.165, 1.54) is 0 Å². The minimum Gasteiger partial charge on any atom is -0.345 e. The lowest BCUT2D eigenvalue weighted by molar-refractivity contribution is -0.126. The molecule has 0 aromatic heterocycles. The van der Waals surface area contributed by atoms with Crippen molar-refractivity contribution in [2.45, 2.75) is 25.8 Å². The number of allylic oxidation sites excluding steroid dienone is 1. The number of carbonyl (C=O) groups is 2. The van der Waals surface area contributed by atoms with Crippen molar-refractivity contribution < 1.29 is 9.59 Å². The summed E-state index contributed by atoms with van der Waals surface area (Å²) in [7, 11) is 0. The Bertz CT molecular complexity index is 442. The molecule has 88 valence electrons. The van der Waals surface area contributed by atoms with Crippen LogP contribution in [0.25, 0.3) is 0 Å². The molecule has 1 N–H and O–H groups in total. The van der Waals surface area contributed by atoms with Crippen LogP contribution in [0.15, 0.2) is 42.0 Å². The lowest BCUT2D eigenvalue weighted by Crippen LogP contribution is -2.39. The number of hydrogen-bond acceptors (Lipinski definition) is 2. The highest BCUT2D eigenvalue weighted by atomic mass is 16.2. The van der Waals surface area contributed by atoms with Gasteiger partial charge in [0.2, 0.25) is 0 Å². The highest BCUT2D eigenvalue weighted by Crippen LogP contribution is 2.23. The van der Waals surface area contributed by atoms with Gasteiger partial charge in [-0.15, -0.1) is 0 Å². The SMILES string of the molecule is CC/C=C1/C(=O)CC(c2ccccc2)NC1=O. The van der Waals surface area contributed by atoms with Gasteiger partial charge in [-0.2, -0.15) is 0 Å². The van der Waals surface area contributed by atoms with E-state index >= 15 is 0 Å². The molecule has 1 amide bonds. The predicted molar refractivity (Wildman–Crippen MR) is 65.3 cm³/mol. The molecule has 1 aliphatic heterocycles. The summed E-state index contributed by atoms with van der Waals surface area (Å²) in [5, 5.41) is 2.87. The Morgan fingerprint density at radius 2 is 2.00 bits per heavy atom. The van der Waals surface area contributed by atoms with Gasteiger partial charge in [0, 0.05) is 6.42 Å². The van der Waals surface area contributed by atoms with Crippen LogP contribution in [-0.2, 0) is 9.59 Å². The van der Waals surface area contributed by atoms with Gasteiger partial charge in [0.15, 0.2) is 5.78 Å². The number of carbonyl (C=O) groups excluding carboxylic acids is 2. The quantitative estimate of drug-likeness (QED) is 0.624. The number of benzene rings is 1. The zero-order chi connectivity index (χ0) is 12.3. The fourth-order valence-corrected chi connectivity index (χ4v) is 2.01. The third-order valence-corrected chi connectivity index (χ3v) is 2.85. The Labute approximate surface area is 101 Å². The molecular formula is C14H15NO2. The molecule has 17 heavy (non-hydrogen) atoms. The number of amides is 1. The molecule has 0 spiro atoms. The summed E-state index contributed by atoms with van der Waals surface area (Å²) in [6.45, 7) is 1.91. The fourth-order valence-electron chi connectivity index (χ4n) is 2.01. The number of rotatable bonds is 2. The molecule has 2 rings (SSSR count). The highest BCUT2D eigenvalue weighted by Gasteiger charge is 2.29. The maximum atomic E-state index is 11.8. The van der Waals surface area contributed by atoms with Crippen molar-refractivity contribution >= 4 is 11.7 Å². The zero-order valence-electron chi connectivity index (χ0n) is 9.77. The molecular weight excluding hydrogens is 214 g/mol. The average Bonchev–Trinajstić information content (AvgIpc) is 2.35. The second-order valence-electron chi connectivity index (χ2n) is 4.09. The van der Waals surface area contributed by atoms with E-state index in [4.69, 9.17) is 0 Å². The van der Waals surface area contributed by atoms with Gasteiger partial charge in [-0.05, 0) is 12.0 Å². The van der Waals surface area contributed by atoms with Crippen molar-refractivity contribution in [1.82, 2.24) is 5.32 Å². The number of Topliss-reactive ketones (excluding diaryl/α,β-unsaturated/α-hetero) is 1. The molecule has 1 fully saturated rings. The Hall–Kier alpha value is -1.90. The van der Waals surface area contributed by atoms with Gasteiger partial charge in [-0.1, -0.05) is 43.3 Å². The van der Waals surface area contributed by atoms with E-state index in [1.54, 1.807) is 6.08 Å². The molecule has 1 atom stereocenters. The molecule has 0 bridgehead atoms. The van der Waals surface area contributed by atoms with Crippen molar-refractivity contribution in [3.05, 3.63) is 47.5 Å². The van der Waals surface area contributed by atoms with Gasteiger partial charge in [0.25, 0.3) is 5.91 Å². The normalized spacial score (nSPS) is 22.6. The maximum absolute atomic E-state index is 11.8. The first-order valence-corrected chi connectivity index (χ1v) is 5.81. The van der Waals surface area contributed by atoms with E-state index in [9.17, 15) is 9.59 Å². The van der Waals surface area contributed by atoms with Gasteiger partial charge >= 0.3 is 0 Å². The Morgan fingerprint density at radius 3 is 2.59 bits per heavy atom. The molecule has 1 aromatic carbocycles. The van der Waals surface area contributed by atoms with Crippen molar-refractivity contribution in [2.24, 2.45) is 0 Å². The molecule has 0 aliphatic carbocycles. The van der Waals surface area contributed by atoms with Gasteiger partial charge in [-0.25, -0.2) is 0 Å². The van der Waals surface area contributed by atoms with Crippen LogP contribution in [0.1, 0.15) is 31.4 Å². The van der Waals surface area contributed by atoms with Crippen molar-refractivity contribution in [1.29, 1.82) is 0 Å². The third-order valence-electron chi connectivity index (χ3n) is 2.85. The molecule has 1 saturated heterocycles. The predicted octanol–water partition coefficient (Wildman–Crippen LogP) is 2.15. The van der Waals surface area contributed by atoms with E-state index in [0.717, 1.165) is 5.56 Å². The summed E-state index contributed by atoms with van der Waals surface area (Å²) in [4.78, 5) is 23.6. The van der Waals surface area contributed by atoms with Crippen LogP contribution in [-0.4, -0.2) is 11.7 Å². The largest absolute Gasteiger partial charge is 0.345 e. The Balaban J connectivity index is 2.20. The summed E-state index contributed by atoms with van der Waals surface area (Å²) < 4.78 is 0. The van der Waals surface area contributed by atoms with Gasteiger partial charge in [0.05, 0.1) is 11.6 Å². The summed E-state index contributed by atoms with van der Waals surface area (Å²) >= 11 is 0. The Morgan fingerprint density at radius 1 is 1.29 bits per heavy atom. The molecule has 1 unspecified atom stereocenters. The molecule has 1 aliphatic rings.